The zero-order chi connectivity index (χ0) is 13.7. The minimum atomic E-state index is 0.374. The molecule has 5 nitrogen and oxygen atoms in total. The number of likely N-dealkylation sites (tertiary alicyclic amines) is 1. The van der Waals surface area contributed by atoms with E-state index in [2.05, 4.69) is 40.1 Å². The van der Waals surface area contributed by atoms with Gasteiger partial charge in [0.05, 0.1) is 0 Å². The Morgan fingerprint density at radius 1 is 1.47 bits per heavy atom. The van der Waals surface area contributed by atoms with Crippen LogP contribution < -0.4 is 5.32 Å². The molecule has 0 bridgehead atoms. The summed E-state index contributed by atoms with van der Waals surface area (Å²) in [7, 11) is 0. The van der Waals surface area contributed by atoms with Crippen LogP contribution in [0.3, 0.4) is 0 Å². The highest BCUT2D eigenvalue weighted by atomic mass is 15.2. The molecule has 1 aromatic rings. The minimum absolute atomic E-state index is 0.374. The molecule has 0 radical (unpaired) electrons. The number of nitrogens with zero attached hydrogens (tertiary/aromatic N) is 4. The number of hydrogen-bond donors (Lipinski definition) is 1. The van der Waals surface area contributed by atoms with Crippen LogP contribution in [0.15, 0.2) is 12.4 Å². The van der Waals surface area contributed by atoms with Crippen LogP contribution in [-0.4, -0.2) is 40.5 Å². The zero-order valence-corrected chi connectivity index (χ0v) is 11.6. The molecule has 1 aliphatic rings. The van der Waals surface area contributed by atoms with Crippen LogP contribution in [0.4, 0.5) is 5.82 Å². The first-order valence-corrected chi connectivity index (χ1v) is 6.89. The van der Waals surface area contributed by atoms with Gasteiger partial charge in [0, 0.05) is 31.5 Å². The molecular weight excluding hydrogens is 238 g/mol. The molecule has 2 heterocycles. The second kappa shape index (κ2) is 6.48. The molecule has 19 heavy (non-hydrogen) atoms. The fourth-order valence-electron chi connectivity index (χ4n) is 2.52. The van der Waals surface area contributed by atoms with E-state index in [-0.39, 0.29) is 0 Å². The summed E-state index contributed by atoms with van der Waals surface area (Å²) in [4.78, 5) is 10.7. The van der Waals surface area contributed by atoms with Crippen molar-refractivity contribution in [2.45, 2.75) is 32.7 Å². The monoisotopic (exact) mass is 259 g/mol. The van der Waals surface area contributed by atoms with Gasteiger partial charge in [-0.1, -0.05) is 0 Å². The number of hydrogen-bond acceptors (Lipinski definition) is 5. The van der Waals surface area contributed by atoms with Crippen molar-refractivity contribution in [3.63, 3.8) is 0 Å². The first kappa shape index (κ1) is 13.8. The Labute approximate surface area is 114 Å². The van der Waals surface area contributed by atoms with Gasteiger partial charge in [-0.25, -0.2) is 9.97 Å². The summed E-state index contributed by atoms with van der Waals surface area (Å²) in [6, 6.07) is 2.67. The highest BCUT2D eigenvalue weighted by Gasteiger charge is 2.21. The Morgan fingerprint density at radius 2 is 2.26 bits per heavy atom. The topological polar surface area (TPSA) is 64.8 Å². The first-order chi connectivity index (χ1) is 9.20. The van der Waals surface area contributed by atoms with E-state index in [1.165, 1.54) is 19.4 Å². The Balaban J connectivity index is 1.90. The molecule has 0 aromatic carbocycles. The second-order valence-corrected chi connectivity index (χ2v) is 5.34. The van der Waals surface area contributed by atoms with Gasteiger partial charge in [-0.15, -0.1) is 0 Å². The lowest BCUT2D eigenvalue weighted by atomic mass is 9.97. The Hall–Kier alpha value is -1.67. The zero-order valence-electron chi connectivity index (χ0n) is 11.6. The van der Waals surface area contributed by atoms with E-state index < -0.39 is 0 Å². The van der Waals surface area contributed by atoms with Crippen LogP contribution in [0, 0.1) is 17.2 Å². The number of nitriles is 1. The Bertz CT molecular complexity index is 451. The molecule has 1 aliphatic heterocycles. The van der Waals surface area contributed by atoms with Crippen LogP contribution >= 0.6 is 0 Å². The van der Waals surface area contributed by atoms with Crippen LogP contribution in [-0.2, 0) is 0 Å². The SMILES string of the molecule is CC(C)N1CCCC(CNc2nccnc2C#N)C1. The first-order valence-electron chi connectivity index (χ1n) is 6.89. The lowest BCUT2D eigenvalue weighted by Gasteiger charge is -2.35. The molecule has 0 spiro atoms. The van der Waals surface area contributed by atoms with Crippen molar-refractivity contribution in [3.8, 4) is 6.07 Å². The van der Waals surface area contributed by atoms with E-state index in [0.29, 0.717) is 23.5 Å². The van der Waals surface area contributed by atoms with E-state index in [4.69, 9.17) is 5.26 Å². The molecule has 1 N–H and O–H groups in total. The molecule has 0 saturated carbocycles. The van der Waals surface area contributed by atoms with Crippen molar-refractivity contribution >= 4 is 5.82 Å². The maximum atomic E-state index is 8.97. The average molecular weight is 259 g/mol. The quantitative estimate of drug-likeness (QED) is 0.894. The standard InChI is InChI=1S/C14H21N5/c1-11(2)19-7-3-4-12(10-19)9-18-14-13(8-15)16-5-6-17-14/h5-6,11-12H,3-4,7,9-10H2,1-2H3,(H,17,18). The molecule has 1 saturated heterocycles. The maximum absolute atomic E-state index is 8.97. The fraction of sp³-hybridized carbons (Fsp3) is 0.643. The predicted octanol–water partition coefficient (Wildman–Crippen LogP) is 1.88. The van der Waals surface area contributed by atoms with E-state index in [1.54, 1.807) is 12.4 Å². The third-order valence-corrected chi connectivity index (χ3v) is 3.64. The molecular formula is C14H21N5. The second-order valence-electron chi connectivity index (χ2n) is 5.34. The Kier molecular flexibility index (Phi) is 4.69. The third kappa shape index (κ3) is 3.65. The molecule has 1 atom stereocenters. The van der Waals surface area contributed by atoms with Crippen LogP contribution in [0.2, 0.25) is 0 Å². The van der Waals surface area contributed by atoms with Gasteiger partial charge in [0.1, 0.15) is 6.07 Å². The van der Waals surface area contributed by atoms with Crippen molar-refractivity contribution in [2.75, 3.05) is 25.0 Å². The molecule has 0 aliphatic carbocycles. The lowest BCUT2D eigenvalue weighted by Crippen LogP contribution is -2.41. The van der Waals surface area contributed by atoms with E-state index >= 15 is 0 Å². The highest BCUT2D eigenvalue weighted by molar-refractivity contribution is 5.46. The van der Waals surface area contributed by atoms with Gasteiger partial charge in [-0.3, -0.25) is 0 Å². The van der Waals surface area contributed by atoms with Crippen molar-refractivity contribution in [1.82, 2.24) is 14.9 Å². The van der Waals surface area contributed by atoms with Gasteiger partial charge in [0.25, 0.3) is 0 Å². The van der Waals surface area contributed by atoms with Gasteiger partial charge in [-0.05, 0) is 39.2 Å². The molecule has 2 rings (SSSR count). The highest BCUT2D eigenvalue weighted by Crippen LogP contribution is 2.19. The number of piperidine rings is 1. The van der Waals surface area contributed by atoms with E-state index in [1.807, 2.05) is 0 Å². The largest absolute Gasteiger partial charge is 0.367 e. The number of anilines is 1. The smallest absolute Gasteiger partial charge is 0.182 e. The number of nitrogens with one attached hydrogen (secondary N) is 1. The van der Waals surface area contributed by atoms with Crippen molar-refractivity contribution < 1.29 is 0 Å². The minimum Gasteiger partial charge on any atom is -0.367 e. The molecule has 0 amide bonds. The van der Waals surface area contributed by atoms with E-state index in [0.717, 1.165) is 13.1 Å². The summed E-state index contributed by atoms with van der Waals surface area (Å²) in [6.45, 7) is 7.66. The van der Waals surface area contributed by atoms with Gasteiger partial charge in [0.15, 0.2) is 11.5 Å². The van der Waals surface area contributed by atoms with Gasteiger partial charge < -0.3 is 10.2 Å². The van der Waals surface area contributed by atoms with Crippen molar-refractivity contribution in [2.24, 2.45) is 5.92 Å². The Morgan fingerprint density at radius 3 is 3.00 bits per heavy atom. The van der Waals surface area contributed by atoms with Gasteiger partial charge in [0.2, 0.25) is 0 Å². The third-order valence-electron chi connectivity index (χ3n) is 3.64. The maximum Gasteiger partial charge on any atom is 0.182 e. The normalized spacial score (nSPS) is 20.2. The summed E-state index contributed by atoms with van der Waals surface area (Å²) < 4.78 is 0. The molecule has 1 fully saturated rings. The van der Waals surface area contributed by atoms with Crippen LogP contribution in [0.25, 0.3) is 0 Å². The summed E-state index contributed by atoms with van der Waals surface area (Å²) in [5.74, 6) is 1.22. The van der Waals surface area contributed by atoms with Crippen molar-refractivity contribution in [1.29, 1.82) is 5.26 Å². The van der Waals surface area contributed by atoms with Gasteiger partial charge >= 0.3 is 0 Å². The predicted molar refractivity (Wildman–Crippen MR) is 74.7 cm³/mol. The van der Waals surface area contributed by atoms with Gasteiger partial charge in [-0.2, -0.15) is 5.26 Å². The molecule has 1 unspecified atom stereocenters. The molecule has 102 valence electrons. The molecule has 1 aromatic heterocycles. The van der Waals surface area contributed by atoms with Crippen molar-refractivity contribution in [3.05, 3.63) is 18.1 Å². The van der Waals surface area contributed by atoms with Crippen LogP contribution in [0.5, 0.6) is 0 Å². The van der Waals surface area contributed by atoms with E-state index in [9.17, 15) is 0 Å². The van der Waals surface area contributed by atoms with Crippen LogP contribution in [0.1, 0.15) is 32.4 Å². The lowest BCUT2D eigenvalue weighted by molar-refractivity contribution is 0.145. The average Bonchev–Trinajstić information content (AvgIpc) is 2.45. The summed E-state index contributed by atoms with van der Waals surface area (Å²) >= 11 is 0. The summed E-state index contributed by atoms with van der Waals surface area (Å²) in [5, 5.41) is 12.2. The molecule has 5 heteroatoms. The summed E-state index contributed by atoms with van der Waals surface area (Å²) in [6.07, 6.45) is 5.64. The summed E-state index contributed by atoms with van der Waals surface area (Å²) in [5.41, 5.74) is 0.374. The number of rotatable bonds is 4. The fourth-order valence-corrected chi connectivity index (χ4v) is 2.52. The number of aromatic nitrogens is 2.